The second-order valence-electron chi connectivity index (χ2n) is 6.74. The van der Waals surface area contributed by atoms with Crippen molar-refractivity contribution in [3.8, 4) is 5.69 Å². The van der Waals surface area contributed by atoms with Crippen LogP contribution in [0.25, 0.3) is 5.69 Å². The Morgan fingerprint density at radius 1 is 1.36 bits per heavy atom. The van der Waals surface area contributed by atoms with Crippen molar-refractivity contribution < 1.29 is 14.6 Å². The lowest BCUT2D eigenvalue weighted by atomic mass is 10.1. The van der Waals surface area contributed by atoms with Crippen LogP contribution in [0.5, 0.6) is 0 Å². The van der Waals surface area contributed by atoms with Gasteiger partial charge in [0.25, 0.3) is 5.91 Å². The number of aromatic nitrogens is 2. The fourth-order valence-corrected chi connectivity index (χ4v) is 3.30. The van der Waals surface area contributed by atoms with Crippen LogP contribution in [-0.4, -0.2) is 58.1 Å². The summed E-state index contributed by atoms with van der Waals surface area (Å²) >= 11 is 0. The van der Waals surface area contributed by atoms with Crippen molar-refractivity contribution in [2.45, 2.75) is 38.3 Å². The maximum atomic E-state index is 13.0. The highest BCUT2D eigenvalue weighted by molar-refractivity contribution is 5.93. The number of carbonyl (C=O) groups excluding carboxylic acids is 1. The number of ether oxygens (including phenoxy) is 1. The van der Waals surface area contributed by atoms with Crippen molar-refractivity contribution in [1.29, 1.82) is 0 Å². The minimum absolute atomic E-state index is 0.0399. The van der Waals surface area contributed by atoms with Gasteiger partial charge in [-0.2, -0.15) is 5.10 Å². The first-order valence-corrected chi connectivity index (χ1v) is 8.65. The molecule has 0 unspecified atom stereocenters. The van der Waals surface area contributed by atoms with E-state index in [0.717, 1.165) is 11.4 Å². The number of benzene rings is 1. The largest absolute Gasteiger partial charge is 0.394 e. The second kappa shape index (κ2) is 7.37. The molecule has 1 aliphatic rings. The zero-order valence-corrected chi connectivity index (χ0v) is 14.9. The molecule has 0 spiro atoms. The van der Waals surface area contributed by atoms with Crippen LogP contribution in [-0.2, 0) is 4.74 Å². The zero-order chi connectivity index (χ0) is 18.0. The lowest BCUT2D eigenvalue weighted by Gasteiger charge is -2.21. The predicted octanol–water partition coefficient (Wildman–Crippen LogP) is 2.22. The highest BCUT2D eigenvalue weighted by Gasteiger charge is 2.36. The summed E-state index contributed by atoms with van der Waals surface area (Å²) in [6.07, 6.45) is 0.608. The normalized spacial score (nSPS) is 20.4. The molecular formula is C19H25N3O3. The molecule has 6 heteroatoms. The molecule has 2 aromatic rings. The smallest absolute Gasteiger partial charge is 0.274 e. The van der Waals surface area contributed by atoms with Gasteiger partial charge in [-0.15, -0.1) is 0 Å². The summed E-state index contributed by atoms with van der Waals surface area (Å²) in [7, 11) is 1.63. The van der Waals surface area contributed by atoms with Crippen LogP contribution in [0.1, 0.15) is 42.4 Å². The molecule has 1 aromatic carbocycles. The number of rotatable bonds is 5. The Morgan fingerprint density at radius 2 is 2.08 bits per heavy atom. The Bertz CT molecular complexity index is 727. The number of aliphatic hydroxyl groups excluding tert-OH is 1. The fourth-order valence-electron chi connectivity index (χ4n) is 3.30. The number of nitrogens with zero attached hydrogens (tertiary/aromatic N) is 3. The molecule has 3 rings (SSSR count). The third-order valence-corrected chi connectivity index (χ3v) is 4.73. The van der Waals surface area contributed by atoms with Crippen LogP contribution < -0.4 is 0 Å². The molecule has 1 aliphatic heterocycles. The molecule has 1 aromatic heterocycles. The van der Waals surface area contributed by atoms with Crippen molar-refractivity contribution in [2.24, 2.45) is 0 Å². The minimum Gasteiger partial charge on any atom is -0.394 e. The second-order valence-corrected chi connectivity index (χ2v) is 6.74. The molecule has 0 radical (unpaired) electrons. The molecule has 25 heavy (non-hydrogen) atoms. The van der Waals surface area contributed by atoms with Gasteiger partial charge >= 0.3 is 0 Å². The predicted molar refractivity (Wildman–Crippen MR) is 95.0 cm³/mol. The molecule has 1 fully saturated rings. The first-order valence-electron chi connectivity index (χ1n) is 8.65. The standard InChI is InChI=1S/C19H25N3O3/c1-13(2)18-10-17(20-22(18)14-7-5-4-6-8-14)19(24)21-11-16(25-3)9-15(21)12-23/h4-8,10,13,15-16,23H,9,11-12H2,1-3H3/t15-,16-/m0/s1. The van der Waals surface area contributed by atoms with Gasteiger partial charge in [-0.3, -0.25) is 4.79 Å². The molecule has 1 N–H and O–H groups in total. The number of para-hydroxylation sites is 1. The van der Waals surface area contributed by atoms with E-state index in [0.29, 0.717) is 18.7 Å². The maximum Gasteiger partial charge on any atom is 0.274 e. The van der Waals surface area contributed by atoms with Crippen LogP contribution in [0.2, 0.25) is 0 Å². The maximum absolute atomic E-state index is 13.0. The van der Waals surface area contributed by atoms with Crippen LogP contribution in [0.15, 0.2) is 36.4 Å². The Hall–Kier alpha value is -2.18. The fraction of sp³-hybridized carbons (Fsp3) is 0.474. The van der Waals surface area contributed by atoms with Crippen LogP contribution in [0.4, 0.5) is 0 Å². The Balaban J connectivity index is 1.94. The Morgan fingerprint density at radius 3 is 2.68 bits per heavy atom. The van der Waals surface area contributed by atoms with Gasteiger partial charge in [0, 0.05) is 19.3 Å². The Kier molecular flexibility index (Phi) is 5.20. The summed E-state index contributed by atoms with van der Waals surface area (Å²) < 4.78 is 7.19. The summed E-state index contributed by atoms with van der Waals surface area (Å²) in [6, 6.07) is 11.4. The number of hydrogen-bond acceptors (Lipinski definition) is 4. The SMILES string of the molecule is CO[C@H]1C[C@@H](CO)N(C(=O)c2cc(C(C)C)n(-c3ccccc3)n2)C1. The first kappa shape index (κ1) is 17.6. The van der Waals surface area contributed by atoms with E-state index in [-0.39, 0.29) is 30.6 Å². The monoisotopic (exact) mass is 343 g/mol. The summed E-state index contributed by atoms with van der Waals surface area (Å²) in [5, 5.41) is 14.2. The number of aliphatic hydroxyl groups is 1. The van der Waals surface area contributed by atoms with E-state index in [9.17, 15) is 9.90 Å². The van der Waals surface area contributed by atoms with Gasteiger partial charge in [0.15, 0.2) is 5.69 Å². The Labute approximate surface area is 148 Å². The molecule has 6 nitrogen and oxygen atoms in total. The molecule has 134 valence electrons. The van der Waals surface area contributed by atoms with E-state index in [2.05, 4.69) is 18.9 Å². The average molecular weight is 343 g/mol. The van der Waals surface area contributed by atoms with Gasteiger partial charge in [-0.1, -0.05) is 32.0 Å². The van der Waals surface area contributed by atoms with E-state index in [1.165, 1.54) is 0 Å². The van der Waals surface area contributed by atoms with Crippen LogP contribution in [0.3, 0.4) is 0 Å². The quantitative estimate of drug-likeness (QED) is 0.904. The highest BCUT2D eigenvalue weighted by atomic mass is 16.5. The topological polar surface area (TPSA) is 67.6 Å². The van der Waals surface area contributed by atoms with Gasteiger partial charge in [0.1, 0.15) is 0 Å². The lowest BCUT2D eigenvalue weighted by Crippen LogP contribution is -2.38. The molecule has 0 saturated carbocycles. The van der Waals surface area contributed by atoms with Crippen molar-refractivity contribution >= 4 is 5.91 Å². The number of likely N-dealkylation sites (tertiary alicyclic amines) is 1. The average Bonchev–Trinajstić information content (AvgIpc) is 3.26. The highest BCUT2D eigenvalue weighted by Crippen LogP contribution is 2.25. The van der Waals surface area contributed by atoms with E-state index < -0.39 is 0 Å². The molecule has 0 aliphatic carbocycles. The minimum atomic E-state index is -0.221. The molecular weight excluding hydrogens is 318 g/mol. The molecule has 1 saturated heterocycles. The summed E-state index contributed by atoms with van der Waals surface area (Å²) in [5.41, 5.74) is 2.32. The molecule has 2 atom stereocenters. The third kappa shape index (κ3) is 3.45. The van der Waals surface area contributed by atoms with Crippen LogP contribution >= 0.6 is 0 Å². The van der Waals surface area contributed by atoms with Gasteiger partial charge in [0.05, 0.1) is 24.4 Å². The number of hydrogen-bond donors (Lipinski definition) is 1. The van der Waals surface area contributed by atoms with E-state index >= 15 is 0 Å². The summed E-state index contributed by atoms with van der Waals surface area (Å²) in [6.45, 7) is 4.58. The number of methoxy groups -OCH3 is 1. The van der Waals surface area contributed by atoms with Crippen molar-refractivity contribution in [2.75, 3.05) is 20.3 Å². The van der Waals surface area contributed by atoms with Crippen molar-refractivity contribution in [1.82, 2.24) is 14.7 Å². The van der Waals surface area contributed by atoms with Crippen molar-refractivity contribution in [3.05, 3.63) is 47.8 Å². The molecule has 2 heterocycles. The first-order chi connectivity index (χ1) is 12.0. The van der Waals surface area contributed by atoms with Crippen molar-refractivity contribution in [3.63, 3.8) is 0 Å². The summed E-state index contributed by atoms with van der Waals surface area (Å²) in [4.78, 5) is 14.7. The number of carbonyl (C=O) groups is 1. The van der Waals surface area contributed by atoms with Gasteiger partial charge in [-0.05, 0) is 30.5 Å². The molecule has 0 bridgehead atoms. The lowest BCUT2D eigenvalue weighted by molar-refractivity contribution is 0.0641. The third-order valence-electron chi connectivity index (χ3n) is 4.73. The molecule has 1 amide bonds. The van der Waals surface area contributed by atoms with Gasteiger partial charge < -0.3 is 14.7 Å². The zero-order valence-electron chi connectivity index (χ0n) is 14.9. The number of amides is 1. The van der Waals surface area contributed by atoms with Crippen LogP contribution in [0, 0.1) is 0 Å². The van der Waals surface area contributed by atoms with E-state index in [1.54, 1.807) is 12.0 Å². The van der Waals surface area contributed by atoms with Gasteiger partial charge in [-0.25, -0.2) is 4.68 Å². The van der Waals surface area contributed by atoms with Gasteiger partial charge in [0.2, 0.25) is 0 Å². The van der Waals surface area contributed by atoms with E-state index in [1.807, 2.05) is 41.1 Å². The van der Waals surface area contributed by atoms with E-state index in [4.69, 9.17) is 4.74 Å². The summed E-state index contributed by atoms with van der Waals surface area (Å²) in [5.74, 6) is 0.0726.